The van der Waals surface area contributed by atoms with Gasteiger partial charge in [-0.15, -0.1) is 0 Å². The summed E-state index contributed by atoms with van der Waals surface area (Å²) in [6, 6.07) is 6.35. The molecule has 0 spiro atoms. The van der Waals surface area contributed by atoms with Crippen molar-refractivity contribution in [3.05, 3.63) is 29.6 Å². The van der Waals surface area contributed by atoms with E-state index in [1.807, 2.05) is 7.05 Å². The highest BCUT2D eigenvalue weighted by Crippen LogP contribution is 2.04. The fourth-order valence-corrected chi connectivity index (χ4v) is 1.51. The average molecular weight is 192 g/mol. The van der Waals surface area contributed by atoms with Gasteiger partial charge in [-0.25, -0.2) is 0 Å². The molecule has 0 unspecified atom stereocenters. The summed E-state index contributed by atoms with van der Waals surface area (Å²) >= 11 is 0. The van der Waals surface area contributed by atoms with Crippen molar-refractivity contribution in [1.82, 2.24) is 10.3 Å². The molecule has 0 saturated carbocycles. The molecule has 0 aliphatic rings. The predicted molar refractivity (Wildman–Crippen MR) is 60.5 cm³/mol. The summed E-state index contributed by atoms with van der Waals surface area (Å²) in [6.45, 7) is 3.26. The summed E-state index contributed by atoms with van der Waals surface area (Å²) < 4.78 is 0. The topological polar surface area (TPSA) is 24.9 Å². The van der Waals surface area contributed by atoms with Gasteiger partial charge in [-0.2, -0.15) is 0 Å². The van der Waals surface area contributed by atoms with Crippen LogP contribution in [0.3, 0.4) is 0 Å². The quantitative estimate of drug-likeness (QED) is 0.699. The van der Waals surface area contributed by atoms with Crippen molar-refractivity contribution >= 4 is 0 Å². The van der Waals surface area contributed by atoms with Crippen molar-refractivity contribution in [2.75, 3.05) is 13.6 Å². The largest absolute Gasteiger partial charge is 0.320 e. The fraction of sp³-hybridized carbons (Fsp3) is 0.583. The van der Waals surface area contributed by atoms with Gasteiger partial charge in [0.1, 0.15) is 0 Å². The summed E-state index contributed by atoms with van der Waals surface area (Å²) in [5, 5.41) is 3.15. The molecule has 2 nitrogen and oxygen atoms in total. The Morgan fingerprint density at radius 1 is 1.21 bits per heavy atom. The van der Waals surface area contributed by atoms with E-state index in [0.717, 1.165) is 19.4 Å². The number of pyridine rings is 1. The Bertz CT molecular complexity index is 258. The van der Waals surface area contributed by atoms with Crippen molar-refractivity contribution in [3.8, 4) is 0 Å². The van der Waals surface area contributed by atoms with Crippen LogP contribution in [0.15, 0.2) is 18.2 Å². The van der Waals surface area contributed by atoms with Crippen LogP contribution in [0.5, 0.6) is 0 Å². The highest BCUT2D eigenvalue weighted by atomic mass is 14.8. The second-order valence-electron chi connectivity index (χ2n) is 3.58. The average Bonchev–Trinajstić information content (AvgIpc) is 2.19. The number of hydrogen-bond donors (Lipinski definition) is 1. The number of aromatic nitrogens is 1. The van der Waals surface area contributed by atoms with Gasteiger partial charge >= 0.3 is 0 Å². The Labute approximate surface area is 86.8 Å². The number of nitrogens with zero attached hydrogens (tertiary/aromatic N) is 1. The Balaban J connectivity index is 2.46. The van der Waals surface area contributed by atoms with E-state index >= 15 is 0 Å². The molecule has 0 saturated heterocycles. The molecule has 1 rings (SSSR count). The van der Waals surface area contributed by atoms with Gasteiger partial charge in [0.2, 0.25) is 0 Å². The van der Waals surface area contributed by atoms with Crippen LogP contribution in [0.4, 0.5) is 0 Å². The molecular weight excluding hydrogens is 172 g/mol. The second-order valence-corrected chi connectivity index (χ2v) is 3.58. The monoisotopic (exact) mass is 192 g/mol. The fourth-order valence-electron chi connectivity index (χ4n) is 1.51. The van der Waals surface area contributed by atoms with Crippen molar-refractivity contribution < 1.29 is 0 Å². The molecule has 1 heterocycles. The molecule has 2 heteroatoms. The van der Waals surface area contributed by atoms with E-state index in [2.05, 4.69) is 35.4 Å². The first-order valence-electron chi connectivity index (χ1n) is 5.46. The van der Waals surface area contributed by atoms with Crippen molar-refractivity contribution in [2.45, 2.75) is 32.6 Å². The molecule has 0 amide bonds. The maximum atomic E-state index is 4.61. The number of aryl methyl sites for hydroxylation is 2. The zero-order valence-electron chi connectivity index (χ0n) is 9.21. The Kier molecular flexibility index (Phi) is 5.23. The smallest absolute Gasteiger partial charge is 0.0407 e. The molecule has 1 aromatic rings. The van der Waals surface area contributed by atoms with Gasteiger partial charge in [-0.3, -0.25) is 4.98 Å². The van der Waals surface area contributed by atoms with Crippen LogP contribution in [0.25, 0.3) is 0 Å². The molecule has 0 aromatic carbocycles. The lowest BCUT2D eigenvalue weighted by molar-refractivity contribution is 0.711. The van der Waals surface area contributed by atoms with Crippen LogP contribution in [-0.4, -0.2) is 18.6 Å². The van der Waals surface area contributed by atoms with Crippen LogP contribution in [0.2, 0.25) is 0 Å². The third kappa shape index (κ3) is 3.88. The van der Waals surface area contributed by atoms with Gasteiger partial charge in [-0.1, -0.05) is 19.4 Å². The molecule has 78 valence electrons. The minimum Gasteiger partial charge on any atom is -0.320 e. The molecule has 0 bridgehead atoms. The lowest BCUT2D eigenvalue weighted by atomic mass is 10.2. The van der Waals surface area contributed by atoms with E-state index in [9.17, 15) is 0 Å². The molecule has 0 aliphatic carbocycles. The first-order chi connectivity index (χ1) is 6.86. The molecule has 0 atom stereocenters. The lowest BCUT2D eigenvalue weighted by Crippen LogP contribution is -2.09. The van der Waals surface area contributed by atoms with Gasteiger partial charge in [0.15, 0.2) is 0 Å². The van der Waals surface area contributed by atoms with Crippen LogP contribution in [-0.2, 0) is 12.8 Å². The van der Waals surface area contributed by atoms with E-state index in [4.69, 9.17) is 0 Å². The van der Waals surface area contributed by atoms with E-state index in [0.29, 0.717) is 0 Å². The van der Waals surface area contributed by atoms with E-state index in [-0.39, 0.29) is 0 Å². The summed E-state index contributed by atoms with van der Waals surface area (Å²) in [6.07, 6.45) is 4.52. The molecule has 1 N–H and O–H groups in total. The highest BCUT2D eigenvalue weighted by molar-refractivity contribution is 5.11. The zero-order chi connectivity index (χ0) is 10.2. The summed E-state index contributed by atoms with van der Waals surface area (Å²) in [5.74, 6) is 0. The SMILES string of the molecule is CCCc1cccc(CCCNC)n1. The lowest BCUT2D eigenvalue weighted by Gasteiger charge is -2.03. The highest BCUT2D eigenvalue weighted by Gasteiger charge is 1.96. The third-order valence-electron chi connectivity index (χ3n) is 2.23. The van der Waals surface area contributed by atoms with Gasteiger partial charge in [0.05, 0.1) is 0 Å². The summed E-state index contributed by atoms with van der Waals surface area (Å²) in [4.78, 5) is 4.61. The second kappa shape index (κ2) is 6.55. The van der Waals surface area contributed by atoms with Gasteiger partial charge < -0.3 is 5.32 Å². The van der Waals surface area contributed by atoms with Crippen LogP contribution >= 0.6 is 0 Å². The Hall–Kier alpha value is -0.890. The minimum absolute atomic E-state index is 1.07. The molecule has 0 fully saturated rings. The zero-order valence-corrected chi connectivity index (χ0v) is 9.21. The molecule has 0 aliphatic heterocycles. The van der Waals surface area contributed by atoms with Crippen LogP contribution < -0.4 is 5.32 Å². The first kappa shape index (κ1) is 11.2. The van der Waals surface area contributed by atoms with E-state index in [1.54, 1.807) is 0 Å². The molecule has 1 aromatic heterocycles. The molecular formula is C12H20N2. The molecule has 14 heavy (non-hydrogen) atoms. The van der Waals surface area contributed by atoms with Crippen LogP contribution in [0, 0.1) is 0 Å². The molecule has 0 radical (unpaired) electrons. The predicted octanol–water partition coefficient (Wildman–Crippen LogP) is 2.19. The van der Waals surface area contributed by atoms with Crippen molar-refractivity contribution in [2.24, 2.45) is 0 Å². The Morgan fingerprint density at radius 2 is 1.93 bits per heavy atom. The minimum atomic E-state index is 1.07. The van der Waals surface area contributed by atoms with Crippen molar-refractivity contribution in [3.63, 3.8) is 0 Å². The van der Waals surface area contributed by atoms with Gasteiger partial charge in [-0.05, 0) is 45.0 Å². The maximum absolute atomic E-state index is 4.61. The van der Waals surface area contributed by atoms with Gasteiger partial charge in [0.25, 0.3) is 0 Å². The summed E-state index contributed by atoms with van der Waals surface area (Å²) in [7, 11) is 1.99. The van der Waals surface area contributed by atoms with Crippen molar-refractivity contribution in [1.29, 1.82) is 0 Å². The van der Waals surface area contributed by atoms with Crippen LogP contribution in [0.1, 0.15) is 31.2 Å². The maximum Gasteiger partial charge on any atom is 0.0407 e. The standard InChI is InChI=1S/C12H20N2/c1-3-6-11-7-4-8-12(14-11)9-5-10-13-2/h4,7-8,13H,3,5-6,9-10H2,1-2H3. The number of hydrogen-bond acceptors (Lipinski definition) is 2. The van der Waals surface area contributed by atoms with E-state index < -0.39 is 0 Å². The normalized spacial score (nSPS) is 10.4. The van der Waals surface area contributed by atoms with E-state index in [1.165, 1.54) is 24.2 Å². The Morgan fingerprint density at radius 3 is 2.57 bits per heavy atom. The third-order valence-corrected chi connectivity index (χ3v) is 2.23. The summed E-state index contributed by atoms with van der Waals surface area (Å²) in [5.41, 5.74) is 2.46. The first-order valence-corrected chi connectivity index (χ1v) is 5.46. The van der Waals surface area contributed by atoms with Gasteiger partial charge in [0, 0.05) is 11.4 Å². The number of rotatable bonds is 6. The number of nitrogens with one attached hydrogen (secondary N) is 1.